The maximum atomic E-state index is 12.5. The summed E-state index contributed by atoms with van der Waals surface area (Å²) in [6, 6.07) is 10.3. The second kappa shape index (κ2) is 7.60. The molecule has 1 heterocycles. The van der Waals surface area contributed by atoms with E-state index < -0.39 is 0 Å². The smallest absolute Gasteiger partial charge is 0.242 e. The Kier molecular flexibility index (Phi) is 5.28. The third kappa shape index (κ3) is 4.02. The van der Waals surface area contributed by atoms with E-state index in [0.29, 0.717) is 11.8 Å². The number of carbonyl (C=O) groups is 1. The van der Waals surface area contributed by atoms with Gasteiger partial charge in [0.25, 0.3) is 0 Å². The molecule has 1 fully saturated rings. The first-order valence-corrected chi connectivity index (χ1v) is 8.95. The normalized spacial score (nSPS) is 15.5. The fourth-order valence-electron chi connectivity index (χ4n) is 3.22. The number of hydrogen-bond donors (Lipinski definition) is 1. The van der Waals surface area contributed by atoms with Gasteiger partial charge in [0.05, 0.1) is 11.7 Å². The van der Waals surface area contributed by atoms with Crippen LogP contribution < -0.4 is 5.32 Å². The number of nitrogens with one attached hydrogen (secondary N) is 1. The van der Waals surface area contributed by atoms with Gasteiger partial charge in [-0.2, -0.15) is 0 Å². The second-order valence-electron chi connectivity index (χ2n) is 6.65. The summed E-state index contributed by atoms with van der Waals surface area (Å²) in [6.07, 6.45) is 6.36. The van der Waals surface area contributed by atoms with E-state index in [0.717, 1.165) is 24.1 Å². The summed E-state index contributed by atoms with van der Waals surface area (Å²) in [5, 5.41) is 11.5. The highest BCUT2D eigenvalue weighted by molar-refractivity contribution is 5.76. The Morgan fingerprint density at radius 3 is 2.58 bits per heavy atom. The Labute approximate surface area is 143 Å². The first-order valence-electron chi connectivity index (χ1n) is 8.95. The quantitative estimate of drug-likeness (QED) is 0.808. The zero-order valence-corrected chi connectivity index (χ0v) is 14.5. The van der Waals surface area contributed by atoms with Crippen LogP contribution in [0.1, 0.15) is 62.7 Å². The average Bonchev–Trinajstić information content (AvgIpc) is 3.36. The standard InChI is InChI=1S/C19H26N4O/c1-3-14(4-2)19(16-8-6-5-7-9-16)20-18(24)13-23-12-17(21-22-23)15-10-11-15/h5-9,12,14-15,19H,3-4,10-11,13H2,1-2H3,(H,20,24). The van der Waals surface area contributed by atoms with Gasteiger partial charge in [-0.25, -0.2) is 4.68 Å². The van der Waals surface area contributed by atoms with E-state index in [-0.39, 0.29) is 18.5 Å². The van der Waals surface area contributed by atoms with Crippen LogP contribution in [0.25, 0.3) is 0 Å². The van der Waals surface area contributed by atoms with Crippen LogP contribution >= 0.6 is 0 Å². The molecule has 0 saturated heterocycles. The molecule has 3 rings (SSSR count). The van der Waals surface area contributed by atoms with Crippen molar-refractivity contribution in [2.75, 3.05) is 0 Å². The van der Waals surface area contributed by atoms with Gasteiger partial charge in [0, 0.05) is 12.1 Å². The Hall–Kier alpha value is -2.17. The van der Waals surface area contributed by atoms with Crippen molar-refractivity contribution in [3.8, 4) is 0 Å². The molecule has 0 aliphatic heterocycles. The van der Waals surface area contributed by atoms with Crippen LogP contribution in [0.4, 0.5) is 0 Å². The second-order valence-corrected chi connectivity index (χ2v) is 6.65. The molecule has 0 spiro atoms. The van der Waals surface area contributed by atoms with E-state index in [1.165, 1.54) is 12.8 Å². The number of rotatable bonds is 8. The van der Waals surface area contributed by atoms with E-state index in [2.05, 4.69) is 41.6 Å². The molecule has 1 aliphatic carbocycles. The van der Waals surface area contributed by atoms with E-state index >= 15 is 0 Å². The molecule has 0 bridgehead atoms. The molecule has 1 N–H and O–H groups in total. The van der Waals surface area contributed by atoms with Crippen molar-refractivity contribution in [2.24, 2.45) is 5.92 Å². The molecule has 0 radical (unpaired) electrons. The van der Waals surface area contributed by atoms with Gasteiger partial charge < -0.3 is 5.32 Å². The Morgan fingerprint density at radius 1 is 1.25 bits per heavy atom. The summed E-state index contributed by atoms with van der Waals surface area (Å²) < 4.78 is 1.65. The number of amides is 1. The molecule has 24 heavy (non-hydrogen) atoms. The topological polar surface area (TPSA) is 59.8 Å². The molecule has 1 amide bonds. The first-order chi connectivity index (χ1) is 11.7. The average molecular weight is 326 g/mol. The predicted molar refractivity (Wildman–Crippen MR) is 93.4 cm³/mol. The third-order valence-electron chi connectivity index (χ3n) is 4.85. The molecule has 1 unspecified atom stereocenters. The van der Waals surface area contributed by atoms with E-state index in [9.17, 15) is 4.79 Å². The molecule has 2 aromatic rings. The maximum Gasteiger partial charge on any atom is 0.242 e. The Morgan fingerprint density at radius 2 is 1.96 bits per heavy atom. The number of benzene rings is 1. The van der Waals surface area contributed by atoms with Crippen LogP contribution in [-0.2, 0) is 11.3 Å². The van der Waals surface area contributed by atoms with Gasteiger partial charge >= 0.3 is 0 Å². The lowest BCUT2D eigenvalue weighted by molar-refractivity contribution is -0.123. The lowest BCUT2D eigenvalue weighted by Gasteiger charge is -2.27. The number of hydrogen-bond acceptors (Lipinski definition) is 3. The summed E-state index contributed by atoms with van der Waals surface area (Å²) in [7, 11) is 0. The summed E-state index contributed by atoms with van der Waals surface area (Å²) in [6.45, 7) is 4.58. The summed E-state index contributed by atoms with van der Waals surface area (Å²) in [4.78, 5) is 12.5. The summed E-state index contributed by atoms with van der Waals surface area (Å²) in [5.74, 6) is 0.973. The van der Waals surface area contributed by atoms with Gasteiger partial charge in [-0.05, 0) is 24.3 Å². The molecular weight excluding hydrogens is 300 g/mol. The highest BCUT2D eigenvalue weighted by atomic mass is 16.2. The third-order valence-corrected chi connectivity index (χ3v) is 4.85. The highest BCUT2D eigenvalue weighted by Crippen LogP contribution is 2.38. The van der Waals surface area contributed by atoms with E-state index in [1.54, 1.807) is 4.68 Å². The molecule has 5 nitrogen and oxygen atoms in total. The lowest BCUT2D eigenvalue weighted by atomic mass is 9.89. The largest absolute Gasteiger partial charge is 0.347 e. The van der Waals surface area contributed by atoms with Gasteiger partial charge in [-0.1, -0.05) is 62.2 Å². The van der Waals surface area contributed by atoms with E-state index in [4.69, 9.17) is 0 Å². The van der Waals surface area contributed by atoms with Gasteiger partial charge in [-0.15, -0.1) is 5.10 Å². The van der Waals surface area contributed by atoms with Crippen molar-refractivity contribution >= 4 is 5.91 Å². The zero-order chi connectivity index (χ0) is 16.9. The zero-order valence-electron chi connectivity index (χ0n) is 14.5. The van der Waals surface area contributed by atoms with Crippen molar-refractivity contribution in [3.63, 3.8) is 0 Å². The van der Waals surface area contributed by atoms with Crippen molar-refractivity contribution in [1.29, 1.82) is 0 Å². The molecule has 5 heteroatoms. The van der Waals surface area contributed by atoms with Crippen LogP contribution in [0.2, 0.25) is 0 Å². The maximum absolute atomic E-state index is 12.5. The predicted octanol–water partition coefficient (Wildman–Crippen LogP) is 3.45. The molecule has 128 valence electrons. The fraction of sp³-hybridized carbons (Fsp3) is 0.526. The highest BCUT2D eigenvalue weighted by Gasteiger charge is 2.27. The minimum Gasteiger partial charge on any atom is -0.347 e. The van der Waals surface area contributed by atoms with Crippen LogP contribution in [0, 0.1) is 5.92 Å². The van der Waals surface area contributed by atoms with E-state index in [1.807, 2.05) is 24.4 Å². The van der Waals surface area contributed by atoms with Crippen molar-refractivity contribution in [2.45, 2.75) is 58.0 Å². The summed E-state index contributed by atoms with van der Waals surface area (Å²) in [5.41, 5.74) is 2.18. The molecule has 1 saturated carbocycles. The van der Waals surface area contributed by atoms with Crippen LogP contribution in [0.15, 0.2) is 36.5 Å². The fourth-order valence-corrected chi connectivity index (χ4v) is 3.22. The van der Waals surface area contributed by atoms with Crippen molar-refractivity contribution < 1.29 is 4.79 Å². The monoisotopic (exact) mass is 326 g/mol. The van der Waals surface area contributed by atoms with Crippen molar-refractivity contribution in [3.05, 3.63) is 47.8 Å². The Bertz CT molecular complexity index is 659. The van der Waals surface area contributed by atoms with Gasteiger partial charge in [0.1, 0.15) is 6.54 Å². The van der Waals surface area contributed by atoms with Crippen LogP contribution in [0.3, 0.4) is 0 Å². The first kappa shape index (κ1) is 16.7. The van der Waals surface area contributed by atoms with Gasteiger partial charge in [0.15, 0.2) is 0 Å². The minimum atomic E-state index is -0.0111. The van der Waals surface area contributed by atoms with Crippen molar-refractivity contribution in [1.82, 2.24) is 20.3 Å². The minimum absolute atomic E-state index is 0.0111. The Balaban J connectivity index is 1.67. The number of carbonyl (C=O) groups excluding carboxylic acids is 1. The SMILES string of the molecule is CCC(CC)C(NC(=O)Cn1cc(C2CC2)nn1)c1ccccc1. The lowest BCUT2D eigenvalue weighted by Crippen LogP contribution is -2.35. The summed E-state index contributed by atoms with van der Waals surface area (Å²) >= 11 is 0. The molecule has 1 aromatic carbocycles. The number of nitrogens with zero attached hydrogens (tertiary/aromatic N) is 3. The molecular formula is C19H26N4O. The molecule has 1 atom stereocenters. The molecule has 1 aromatic heterocycles. The van der Waals surface area contributed by atoms with Crippen LogP contribution in [0.5, 0.6) is 0 Å². The number of aromatic nitrogens is 3. The van der Waals surface area contributed by atoms with Gasteiger partial charge in [0.2, 0.25) is 5.91 Å². The van der Waals surface area contributed by atoms with Crippen LogP contribution in [-0.4, -0.2) is 20.9 Å². The molecule has 1 aliphatic rings. The van der Waals surface area contributed by atoms with Gasteiger partial charge in [-0.3, -0.25) is 4.79 Å².